The molecular formula is C14H19F2NO. The number of ether oxygens (including phenoxy) is 1. The summed E-state index contributed by atoms with van der Waals surface area (Å²) in [6, 6.07) is 5.28. The van der Waals surface area contributed by atoms with E-state index < -0.39 is 6.43 Å². The van der Waals surface area contributed by atoms with Crippen molar-refractivity contribution < 1.29 is 13.5 Å². The summed E-state index contributed by atoms with van der Waals surface area (Å²) in [5, 5.41) is 0. The molecule has 1 saturated heterocycles. The molecule has 0 aliphatic carbocycles. The molecule has 2 unspecified atom stereocenters. The van der Waals surface area contributed by atoms with Crippen LogP contribution in [0.1, 0.15) is 31.4 Å². The fourth-order valence-corrected chi connectivity index (χ4v) is 2.45. The molecule has 0 saturated carbocycles. The van der Waals surface area contributed by atoms with Crippen molar-refractivity contribution in [1.82, 2.24) is 0 Å². The van der Waals surface area contributed by atoms with Crippen LogP contribution in [0, 0.1) is 6.92 Å². The van der Waals surface area contributed by atoms with Crippen LogP contribution in [0.5, 0.6) is 0 Å². The minimum absolute atomic E-state index is 0.124. The molecule has 2 rings (SSSR count). The van der Waals surface area contributed by atoms with E-state index in [-0.39, 0.29) is 17.8 Å². The number of morpholine rings is 1. The highest BCUT2D eigenvalue weighted by Gasteiger charge is 2.23. The van der Waals surface area contributed by atoms with Gasteiger partial charge in [-0.1, -0.05) is 6.07 Å². The summed E-state index contributed by atoms with van der Waals surface area (Å²) in [6.07, 6.45) is -2.16. The molecule has 1 aromatic carbocycles. The molecule has 0 radical (unpaired) electrons. The zero-order chi connectivity index (χ0) is 13.3. The average molecular weight is 255 g/mol. The topological polar surface area (TPSA) is 12.5 Å². The minimum atomic E-state index is -2.42. The van der Waals surface area contributed by atoms with E-state index in [0.29, 0.717) is 5.56 Å². The molecule has 100 valence electrons. The SMILES string of the molecule is Cc1ccc(N2CC(C)OC(C)C2)cc1C(F)F. The normalized spacial score (nSPS) is 24.7. The first-order valence-corrected chi connectivity index (χ1v) is 6.26. The second-order valence-electron chi connectivity index (χ2n) is 5.00. The number of hydrogen-bond acceptors (Lipinski definition) is 2. The summed E-state index contributed by atoms with van der Waals surface area (Å²) in [5.41, 5.74) is 1.63. The number of aryl methyl sites for hydroxylation is 1. The maximum atomic E-state index is 12.9. The van der Waals surface area contributed by atoms with Gasteiger partial charge >= 0.3 is 0 Å². The molecule has 0 N–H and O–H groups in total. The molecular weight excluding hydrogens is 236 g/mol. The van der Waals surface area contributed by atoms with Crippen LogP contribution in [0.3, 0.4) is 0 Å². The molecule has 1 fully saturated rings. The fourth-order valence-electron chi connectivity index (χ4n) is 2.45. The number of benzene rings is 1. The van der Waals surface area contributed by atoms with Gasteiger partial charge in [0, 0.05) is 24.3 Å². The summed E-state index contributed by atoms with van der Waals surface area (Å²) >= 11 is 0. The van der Waals surface area contributed by atoms with E-state index in [1.54, 1.807) is 19.1 Å². The Hall–Kier alpha value is -1.16. The van der Waals surface area contributed by atoms with Crippen molar-refractivity contribution in [3.63, 3.8) is 0 Å². The van der Waals surface area contributed by atoms with E-state index in [9.17, 15) is 8.78 Å². The smallest absolute Gasteiger partial charge is 0.264 e. The number of hydrogen-bond donors (Lipinski definition) is 0. The van der Waals surface area contributed by atoms with Gasteiger partial charge in [-0.3, -0.25) is 0 Å². The standard InChI is InChI=1S/C14H19F2NO/c1-9-4-5-12(6-13(9)14(15)16)17-7-10(2)18-11(3)8-17/h4-6,10-11,14H,7-8H2,1-3H3. The monoisotopic (exact) mass is 255 g/mol. The Bertz CT molecular complexity index is 412. The predicted molar refractivity (Wildman–Crippen MR) is 68.4 cm³/mol. The van der Waals surface area contributed by atoms with Gasteiger partial charge < -0.3 is 9.64 Å². The lowest BCUT2D eigenvalue weighted by Gasteiger charge is -2.37. The number of halogens is 2. The van der Waals surface area contributed by atoms with Gasteiger partial charge in [0.1, 0.15) is 0 Å². The molecule has 4 heteroatoms. The van der Waals surface area contributed by atoms with Gasteiger partial charge in [-0.2, -0.15) is 0 Å². The average Bonchev–Trinajstić information content (AvgIpc) is 2.27. The largest absolute Gasteiger partial charge is 0.372 e. The Balaban J connectivity index is 2.25. The Labute approximate surface area is 107 Å². The maximum absolute atomic E-state index is 12.9. The van der Waals surface area contributed by atoms with Crippen LogP contribution in [0.4, 0.5) is 14.5 Å². The van der Waals surface area contributed by atoms with Crippen molar-refractivity contribution in [1.29, 1.82) is 0 Å². The summed E-state index contributed by atoms with van der Waals surface area (Å²) in [4.78, 5) is 2.12. The molecule has 1 aromatic rings. The third-order valence-corrected chi connectivity index (χ3v) is 3.28. The first-order valence-electron chi connectivity index (χ1n) is 6.26. The second-order valence-corrected chi connectivity index (χ2v) is 5.00. The lowest BCUT2D eigenvalue weighted by molar-refractivity contribution is -0.00522. The highest BCUT2D eigenvalue weighted by atomic mass is 19.3. The summed E-state index contributed by atoms with van der Waals surface area (Å²) in [5.74, 6) is 0. The lowest BCUT2D eigenvalue weighted by Crippen LogP contribution is -2.45. The van der Waals surface area contributed by atoms with E-state index in [0.717, 1.165) is 18.8 Å². The van der Waals surface area contributed by atoms with Crippen LogP contribution in [-0.4, -0.2) is 25.3 Å². The fraction of sp³-hybridized carbons (Fsp3) is 0.571. The van der Waals surface area contributed by atoms with E-state index >= 15 is 0 Å². The van der Waals surface area contributed by atoms with Gasteiger partial charge in [-0.15, -0.1) is 0 Å². The van der Waals surface area contributed by atoms with Crippen LogP contribution in [0.25, 0.3) is 0 Å². The Morgan fingerprint density at radius 1 is 1.22 bits per heavy atom. The van der Waals surface area contributed by atoms with E-state index in [1.807, 2.05) is 19.9 Å². The molecule has 18 heavy (non-hydrogen) atoms. The Morgan fingerprint density at radius 3 is 2.39 bits per heavy atom. The molecule has 2 atom stereocenters. The van der Waals surface area contributed by atoms with E-state index in [2.05, 4.69) is 4.90 Å². The van der Waals surface area contributed by atoms with Gasteiger partial charge in [0.2, 0.25) is 0 Å². The molecule has 0 spiro atoms. The van der Waals surface area contributed by atoms with Gasteiger partial charge in [-0.25, -0.2) is 8.78 Å². The van der Waals surface area contributed by atoms with Gasteiger partial charge in [0.25, 0.3) is 6.43 Å². The van der Waals surface area contributed by atoms with Crippen LogP contribution in [0.2, 0.25) is 0 Å². The minimum Gasteiger partial charge on any atom is -0.372 e. The Morgan fingerprint density at radius 2 is 1.83 bits per heavy atom. The number of rotatable bonds is 2. The molecule has 1 aliphatic rings. The molecule has 0 amide bonds. The quantitative estimate of drug-likeness (QED) is 0.801. The van der Waals surface area contributed by atoms with E-state index in [4.69, 9.17) is 4.74 Å². The zero-order valence-corrected chi connectivity index (χ0v) is 11.0. The van der Waals surface area contributed by atoms with Crippen molar-refractivity contribution in [2.75, 3.05) is 18.0 Å². The predicted octanol–water partition coefficient (Wildman–Crippen LogP) is 3.55. The summed E-state index contributed by atoms with van der Waals surface area (Å²) in [6.45, 7) is 7.22. The van der Waals surface area contributed by atoms with Crippen LogP contribution < -0.4 is 4.90 Å². The van der Waals surface area contributed by atoms with Crippen molar-refractivity contribution in [3.05, 3.63) is 29.3 Å². The van der Waals surface area contributed by atoms with Gasteiger partial charge in [0.15, 0.2) is 0 Å². The third kappa shape index (κ3) is 2.80. The first kappa shape index (κ1) is 13.3. The summed E-state index contributed by atoms with van der Waals surface area (Å²) < 4.78 is 31.4. The maximum Gasteiger partial charge on any atom is 0.264 e. The van der Waals surface area contributed by atoms with Crippen LogP contribution in [0.15, 0.2) is 18.2 Å². The number of nitrogens with zero attached hydrogens (tertiary/aromatic N) is 1. The van der Waals surface area contributed by atoms with Crippen molar-refractivity contribution in [3.8, 4) is 0 Å². The van der Waals surface area contributed by atoms with Gasteiger partial charge in [0.05, 0.1) is 12.2 Å². The van der Waals surface area contributed by atoms with Crippen molar-refractivity contribution in [2.45, 2.75) is 39.4 Å². The second kappa shape index (κ2) is 5.22. The molecule has 0 aromatic heterocycles. The lowest BCUT2D eigenvalue weighted by atomic mass is 10.1. The highest BCUT2D eigenvalue weighted by molar-refractivity contribution is 5.51. The highest BCUT2D eigenvalue weighted by Crippen LogP contribution is 2.28. The van der Waals surface area contributed by atoms with Crippen molar-refractivity contribution >= 4 is 5.69 Å². The number of anilines is 1. The van der Waals surface area contributed by atoms with Gasteiger partial charge in [-0.05, 0) is 38.5 Å². The first-order chi connectivity index (χ1) is 8.47. The van der Waals surface area contributed by atoms with Crippen LogP contribution >= 0.6 is 0 Å². The third-order valence-electron chi connectivity index (χ3n) is 3.28. The molecule has 0 bridgehead atoms. The Kier molecular flexibility index (Phi) is 3.85. The summed E-state index contributed by atoms with van der Waals surface area (Å²) in [7, 11) is 0. The molecule has 1 aliphatic heterocycles. The molecule has 1 heterocycles. The van der Waals surface area contributed by atoms with E-state index in [1.165, 1.54) is 0 Å². The number of alkyl halides is 2. The zero-order valence-electron chi connectivity index (χ0n) is 11.0. The molecule has 2 nitrogen and oxygen atoms in total. The van der Waals surface area contributed by atoms with Crippen molar-refractivity contribution in [2.24, 2.45) is 0 Å². The van der Waals surface area contributed by atoms with Crippen LogP contribution in [-0.2, 0) is 4.74 Å².